The quantitative estimate of drug-likeness (QED) is 0.262. The molecule has 1 unspecified atom stereocenters. The van der Waals surface area contributed by atoms with E-state index in [1.54, 1.807) is 49.4 Å². The third-order valence-corrected chi connectivity index (χ3v) is 8.65. The molecule has 2 saturated heterocycles. The zero-order valence-corrected chi connectivity index (χ0v) is 21.6. The first-order valence-corrected chi connectivity index (χ1v) is 13.8. The van der Waals surface area contributed by atoms with Crippen molar-refractivity contribution in [2.24, 2.45) is 0 Å². The maximum Gasteiger partial charge on any atom is 0.462 e. The second-order valence-corrected chi connectivity index (χ2v) is 10.9. The molecule has 2 fully saturated rings. The van der Waals surface area contributed by atoms with Crippen LogP contribution in [0.25, 0.3) is 5.52 Å². The highest BCUT2D eigenvalue weighted by Crippen LogP contribution is 2.56. The van der Waals surface area contributed by atoms with Gasteiger partial charge < -0.3 is 29.9 Å². The van der Waals surface area contributed by atoms with E-state index in [1.807, 2.05) is 0 Å². The van der Waals surface area contributed by atoms with Gasteiger partial charge in [-0.1, -0.05) is 18.2 Å². The average molecular weight is 548 g/mol. The summed E-state index contributed by atoms with van der Waals surface area (Å²) in [6.45, 7) is 1.78. The molecule has 204 valence electrons. The van der Waals surface area contributed by atoms with E-state index in [1.165, 1.54) is 15.5 Å². The van der Waals surface area contributed by atoms with E-state index < -0.39 is 44.2 Å². The number of carbonyl (C=O) groups excluding carboxylic acids is 1. The highest BCUT2D eigenvalue weighted by Gasteiger charge is 2.50. The van der Waals surface area contributed by atoms with Crippen LogP contribution in [0.3, 0.4) is 0 Å². The highest BCUT2D eigenvalue weighted by molar-refractivity contribution is 7.51. The molecule has 0 bridgehead atoms. The van der Waals surface area contributed by atoms with Crippen LogP contribution in [0.4, 0.5) is 5.82 Å². The van der Waals surface area contributed by atoms with E-state index in [2.05, 4.69) is 10.1 Å². The number of ether oxygens (including phenoxy) is 2. The number of benzene rings is 1. The Morgan fingerprint density at radius 3 is 2.76 bits per heavy atom. The van der Waals surface area contributed by atoms with Crippen molar-refractivity contribution in [3.63, 3.8) is 0 Å². The molecule has 3 aromatic rings. The Hall–Kier alpha value is -3.06. The molecule has 0 radical (unpaired) electrons. The topological polar surface area (TPSA) is 171 Å². The molecule has 38 heavy (non-hydrogen) atoms. The van der Waals surface area contributed by atoms with Gasteiger partial charge in [0.05, 0.1) is 18.9 Å². The first kappa shape index (κ1) is 26.5. The summed E-state index contributed by atoms with van der Waals surface area (Å²) < 4.78 is 39.9. The fourth-order valence-corrected chi connectivity index (χ4v) is 6.74. The third-order valence-electron chi connectivity index (χ3n) is 6.63. The Morgan fingerprint density at radius 2 is 2.00 bits per heavy atom. The number of fused-ring (bicyclic) bond motifs is 1. The predicted molar refractivity (Wildman–Crippen MR) is 134 cm³/mol. The van der Waals surface area contributed by atoms with Crippen LogP contribution in [0.2, 0.25) is 0 Å². The van der Waals surface area contributed by atoms with Crippen molar-refractivity contribution in [2.45, 2.75) is 50.2 Å². The molecule has 0 spiro atoms. The average Bonchev–Trinajstić information content (AvgIpc) is 3.63. The lowest BCUT2D eigenvalue weighted by Crippen LogP contribution is -2.38. The smallest absolute Gasteiger partial charge is 0.462 e. The van der Waals surface area contributed by atoms with Crippen LogP contribution < -0.4 is 10.3 Å². The molecular formula is C24H30N5O8P. The molecular weight excluding hydrogens is 517 g/mol. The van der Waals surface area contributed by atoms with Crippen LogP contribution in [-0.4, -0.2) is 79.6 Å². The van der Waals surface area contributed by atoms with E-state index in [-0.39, 0.29) is 31.3 Å². The van der Waals surface area contributed by atoms with Crippen molar-refractivity contribution in [1.29, 1.82) is 0 Å². The lowest BCUT2D eigenvalue weighted by atomic mass is 10.1. The van der Waals surface area contributed by atoms with Crippen molar-refractivity contribution < 1.29 is 38.1 Å². The van der Waals surface area contributed by atoms with Gasteiger partial charge in [0, 0.05) is 6.54 Å². The highest BCUT2D eigenvalue weighted by atomic mass is 31.2. The first-order chi connectivity index (χ1) is 18.3. The molecule has 0 amide bonds. The van der Waals surface area contributed by atoms with Crippen molar-refractivity contribution in [2.75, 3.05) is 25.5 Å². The van der Waals surface area contributed by atoms with Crippen molar-refractivity contribution in [3.05, 3.63) is 54.5 Å². The molecule has 4 N–H and O–H groups in total. The lowest BCUT2D eigenvalue weighted by molar-refractivity contribution is -0.147. The number of aliphatic hydroxyl groups is 2. The van der Waals surface area contributed by atoms with Crippen molar-refractivity contribution in [3.8, 4) is 5.75 Å². The van der Waals surface area contributed by atoms with E-state index in [9.17, 15) is 19.6 Å². The van der Waals surface area contributed by atoms with Gasteiger partial charge in [-0.25, -0.2) is 14.1 Å². The van der Waals surface area contributed by atoms with Gasteiger partial charge >= 0.3 is 13.7 Å². The monoisotopic (exact) mass is 547 g/mol. The second kappa shape index (κ2) is 11.0. The molecule has 6 atom stereocenters. The van der Waals surface area contributed by atoms with Gasteiger partial charge in [-0.15, -0.1) is 0 Å². The van der Waals surface area contributed by atoms with E-state index in [4.69, 9.17) is 24.3 Å². The molecule has 2 aliphatic rings. The Bertz CT molecular complexity index is 1320. The largest absolute Gasteiger partial charge is 0.465 e. The summed E-state index contributed by atoms with van der Waals surface area (Å²) in [5.41, 5.74) is 6.87. The normalized spacial score (nSPS) is 27.4. The van der Waals surface area contributed by atoms with Crippen LogP contribution in [0.5, 0.6) is 5.75 Å². The summed E-state index contributed by atoms with van der Waals surface area (Å²) in [4.78, 5) is 16.5. The summed E-state index contributed by atoms with van der Waals surface area (Å²) in [5, 5.41) is 25.7. The van der Waals surface area contributed by atoms with Gasteiger partial charge in [-0.05, 0) is 44.0 Å². The van der Waals surface area contributed by atoms with Gasteiger partial charge in [0.25, 0.3) is 0 Å². The fraction of sp³-hybridized carbons (Fsp3) is 0.458. The number of hydrogen-bond donors (Lipinski definition) is 3. The van der Waals surface area contributed by atoms with Crippen LogP contribution >= 0.6 is 7.75 Å². The molecule has 14 heteroatoms. The number of nitrogens with zero attached hydrogens (tertiary/aromatic N) is 4. The minimum Gasteiger partial charge on any atom is -0.465 e. The predicted octanol–water partition coefficient (Wildman–Crippen LogP) is 1.70. The van der Waals surface area contributed by atoms with Crippen molar-refractivity contribution in [1.82, 2.24) is 19.3 Å². The summed E-state index contributed by atoms with van der Waals surface area (Å²) in [6.07, 6.45) is -2.43. The summed E-state index contributed by atoms with van der Waals surface area (Å²) in [6, 6.07) is 11.0. The molecule has 1 aromatic carbocycles. The zero-order chi connectivity index (χ0) is 26.9. The molecule has 13 nitrogen and oxygen atoms in total. The number of nitrogen functional groups attached to an aromatic ring is 1. The number of esters is 1. The zero-order valence-electron chi connectivity index (χ0n) is 20.7. The fourth-order valence-electron chi connectivity index (χ4n) is 4.78. The molecule has 2 aromatic heterocycles. The Balaban J connectivity index is 1.37. The first-order valence-electron chi connectivity index (χ1n) is 12.3. The van der Waals surface area contributed by atoms with Crippen LogP contribution in [0.1, 0.15) is 31.6 Å². The minimum atomic E-state index is -4.13. The second-order valence-electron chi connectivity index (χ2n) is 9.02. The van der Waals surface area contributed by atoms with Gasteiger partial charge in [0.2, 0.25) is 0 Å². The van der Waals surface area contributed by atoms with Crippen LogP contribution in [0, 0.1) is 0 Å². The Kier molecular flexibility index (Phi) is 7.66. The van der Waals surface area contributed by atoms with Crippen LogP contribution in [0.15, 0.2) is 48.8 Å². The SMILES string of the molecule is CCOC(=O)[C@@H]1CCCN1P(=O)(OC[C@H]1O[C@@H](c2ccc3c(N)ncnn23)[C@H](O)[C@@H]1O)Oc1ccccc1. The number of para-hydroxylation sites is 1. The maximum absolute atomic E-state index is 14.2. The number of anilines is 1. The molecule has 0 saturated carbocycles. The van der Waals surface area contributed by atoms with E-state index in [0.717, 1.165) is 0 Å². The van der Waals surface area contributed by atoms with Gasteiger partial charge in [0.1, 0.15) is 48.1 Å². The number of rotatable bonds is 9. The Morgan fingerprint density at radius 1 is 1.21 bits per heavy atom. The van der Waals surface area contributed by atoms with Gasteiger partial charge in [0.15, 0.2) is 5.82 Å². The standard InChI is InChI=1S/C24H30N5O8P/c1-2-34-24(32)18-9-6-12-28(18)38(33,37-15-7-4-3-5-8-15)35-13-19-20(30)21(31)22(36-19)16-10-11-17-23(25)26-14-27-29(16)17/h3-5,7-8,10-11,14,18-22,30-31H,2,6,9,12-13H2,1H3,(H2,25,26,27)/t18-,19+,20+,21+,22-,38?/m0/s1. The van der Waals surface area contributed by atoms with Crippen molar-refractivity contribution >= 4 is 25.1 Å². The van der Waals surface area contributed by atoms with Gasteiger partial charge in [-0.3, -0.25) is 9.32 Å². The molecule has 0 aliphatic carbocycles. The number of aliphatic hydroxyl groups excluding tert-OH is 2. The number of nitrogens with two attached hydrogens (primary N) is 1. The number of hydrogen-bond acceptors (Lipinski definition) is 11. The lowest BCUT2D eigenvalue weighted by Gasteiger charge is -2.31. The third kappa shape index (κ3) is 5.00. The Labute approximate surface area is 218 Å². The van der Waals surface area contributed by atoms with Gasteiger partial charge in [-0.2, -0.15) is 9.77 Å². The van der Waals surface area contributed by atoms with Crippen LogP contribution in [-0.2, 0) is 23.4 Å². The summed E-state index contributed by atoms with van der Waals surface area (Å²) >= 11 is 0. The minimum absolute atomic E-state index is 0.181. The molecule has 4 heterocycles. The number of aromatic nitrogens is 3. The van der Waals surface area contributed by atoms with E-state index in [0.29, 0.717) is 24.1 Å². The molecule has 2 aliphatic heterocycles. The summed E-state index contributed by atoms with van der Waals surface area (Å²) in [7, 11) is -4.13. The summed E-state index contributed by atoms with van der Waals surface area (Å²) in [5.74, 6) is 0.0208. The molecule has 5 rings (SSSR count). The van der Waals surface area contributed by atoms with E-state index >= 15 is 0 Å². The maximum atomic E-state index is 14.2. The number of carbonyl (C=O) groups is 1.